The fourth-order valence-electron chi connectivity index (χ4n) is 2.06. The number of carbonyl (C=O) groups excluding carboxylic acids is 1. The van der Waals surface area contributed by atoms with Gasteiger partial charge in [0.05, 0.1) is 0 Å². The zero-order valence-electron chi connectivity index (χ0n) is 9.97. The first-order valence-corrected chi connectivity index (χ1v) is 5.97. The van der Waals surface area contributed by atoms with Gasteiger partial charge in [0.25, 0.3) is 0 Å². The highest BCUT2D eigenvalue weighted by Gasteiger charge is 2.19. The average molecular weight is 224 g/mol. The summed E-state index contributed by atoms with van der Waals surface area (Å²) in [5.41, 5.74) is 1.90. The van der Waals surface area contributed by atoms with Crippen molar-refractivity contribution in [3.8, 4) is 0 Å². The minimum Gasteiger partial charge on any atom is -0.293 e. The second-order valence-corrected chi connectivity index (χ2v) is 4.10. The van der Waals surface area contributed by atoms with Crippen molar-refractivity contribution in [3.05, 3.63) is 71.8 Å². The molecule has 0 fully saturated rings. The predicted molar refractivity (Wildman–Crippen MR) is 70.2 cm³/mol. The first-order chi connectivity index (χ1) is 8.33. The highest BCUT2D eigenvalue weighted by atomic mass is 16.1. The van der Waals surface area contributed by atoms with Gasteiger partial charge in [0, 0.05) is 11.5 Å². The molecular weight excluding hydrogens is 208 g/mol. The molecule has 17 heavy (non-hydrogen) atoms. The Labute approximate surface area is 102 Å². The van der Waals surface area contributed by atoms with Crippen molar-refractivity contribution >= 4 is 5.78 Å². The zero-order valence-corrected chi connectivity index (χ0v) is 9.97. The van der Waals surface area contributed by atoms with Crippen molar-refractivity contribution in [2.45, 2.75) is 19.3 Å². The van der Waals surface area contributed by atoms with Crippen molar-refractivity contribution in [1.29, 1.82) is 0 Å². The van der Waals surface area contributed by atoms with E-state index in [1.54, 1.807) is 0 Å². The Morgan fingerprint density at radius 1 is 0.941 bits per heavy atom. The van der Waals surface area contributed by atoms with Crippen LogP contribution in [0.15, 0.2) is 60.7 Å². The summed E-state index contributed by atoms with van der Waals surface area (Å²) in [6, 6.07) is 19.5. The van der Waals surface area contributed by atoms with Gasteiger partial charge in [-0.2, -0.15) is 0 Å². The Balaban J connectivity index is 2.29. The second-order valence-electron chi connectivity index (χ2n) is 4.10. The van der Waals surface area contributed by atoms with Crippen molar-refractivity contribution in [2.75, 3.05) is 0 Å². The van der Waals surface area contributed by atoms with Crippen LogP contribution in [-0.2, 0) is 0 Å². The number of Topliss-reactive ketones (excluding diaryl/α,β-unsaturated/α-hetero) is 1. The zero-order chi connectivity index (χ0) is 12.1. The van der Waals surface area contributed by atoms with E-state index >= 15 is 0 Å². The summed E-state index contributed by atoms with van der Waals surface area (Å²) < 4.78 is 0. The molecule has 0 bridgehead atoms. The van der Waals surface area contributed by atoms with E-state index in [-0.39, 0.29) is 11.7 Å². The summed E-state index contributed by atoms with van der Waals surface area (Å²) in [4.78, 5) is 12.4. The van der Waals surface area contributed by atoms with Crippen LogP contribution in [0.2, 0.25) is 0 Å². The van der Waals surface area contributed by atoms with Crippen LogP contribution in [-0.4, -0.2) is 5.78 Å². The Kier molecular flexibility index (Phi) is 3.71. The van der Waals surface area contributed by atoms with Gasteiger partial charge >= 0.3 is 0 Å². The average Bonchev–Trinajstić information content (AvgIpc) is 2.42. The Morgan fingerprint density at radius 2 is 1.47 bits per heavy atom. The van der Waals surface area contributed by atoms with Crippen molar-refractivity contribution in [1.82, 2.24) is 0 Å². The van der Waals surface area contributed by atoms with Crippen LogP contribution in [0.25, 0.3) is 0 Å². The number of rotatable bonds is 4. The highest BCUT2D eigenvalue weighted by Crippen LogP contribution is 2.23. The Hall–Kier alpha value is -1.89. The summed E-state index contributed by atoms with van der Waals surface area (Å²) in [5, 5.41) is 0. The molecule has 1 heteroatoms. The third-order valence-corrected chi connectivity index (χ3v) is 2.98. The molecule has 0 radical (unpaired) electrons. The third kappa shape index (κ3) is 2.62. The first-order valence-electron chi connectivity index (χ1n) is 5.97. The molecule has 0 aliphatic carbocycles. The minimum absolute atomic E-state index is 0.0291. The molecule has 1 unspecified atom stereocenters. The molecule has 1 nitrogen and oxygen atoms in total. The van der Waals surface area contributed by atoms with Gasteiger partial charge in [-0.1, -0.05) is 67.6 Å². The minimum atomic E-state index is -0.0291. The summed E-state index contributed by atoms with van der Waals surface area (Å²) in [6.45, 7) is 2.05. The van der Waals surface area contributed by atoms with E-state index in [1.165, 1.54) is 0 Å². The van der Waals surface area contributed by atoms with Gasteiger partial charge in [0.2, 0.25) is 0 Å². The predicted octanol–water partition coefficient (Wildman–Crippen LogP) is 4.06. The lowest BCUT2D eigenvalue weighted by Gasteiger charge is -2.14. The van der Waals surface area contributed by atoms with Crippen LogP contribution in [0.4, 0.5) is 0 Å². The number of benzene rings is 2. The maximum Gasteiger partial charge on any atom is 0.170 e. The molecule has 2 rings (SSSR count). The number of hydrogen-bond acceptors (Lipinski definition) is 1. The van der Waals surface area contributed by atoms with Crippen LogP contribution in [0.1, 0.15) is 35.2 Å². The standard InChI is InChI=1S/C16H16O/c1-2-15(13-9-5-3-6-10-13)16(17)14-11-7-4-8-12-14/h3-12,15H,2H2,1H3. The van der Waals surface area contributed by atoms with E-state index in [9.17, 15) is 4.79 Å². The van der Waals surface area contributed by atoms with Crippen molar-refractivity contribution in [3.63, 3.8) is 0 Å². The second kappa shape index (κ2) is 5.44. The summed E-state index contributed by atoms with van der Waals surface area (Å²) >= 11 is 0. The van der Waals surface area contributed by atoms with Crippen molar-refractivity contribution < 1.29 is 4.79 Å². The van der Waals surface area contributed by atoms with Gasteiger partial charge < -0.3 is 0 Å². The van der Waals surface area contributed by atoms with E-state index < -0.39 is 0 Å². The first kappa shape index (κ1) is 11.6. The summed E-state index contributed by atoms with van der Waals surface area (Å²) in [5.74, 6) is 0.179. The highest BCUT2D eigenvalue weighted by molar-refractivity contribution is 6.00. The van der Waals surface area contributed by atoms with E-state index in [2.05, 4.69) is 6.92 Å². The number of ketones is 1. The largest absolute Gasteiger partial charge is 0.293 e. The molecule has 0 aliphatic rings. The van der Waals surface area contributed by atoms with Gasteiger partial charge in [-0.3, -0.25) is 4.79 Å². The van der Waals surface area contributed by atoms with Gasteiger partial charge in [0.1, 0.15) is 0 Å². The van der Waals surface area contributed by atoms with Crippen molar-refractivity contribution in [2.24, 2.45) is 0 Å². The summed E-state index contributed by atoms with van der Waals surface area (Å²) in [7, 11) is 0. The molecule has 0 spiro atoms. The molecule has 2 aromatic rings. The van der Waals surface area contributed by atoms with Gasteiger partial charge in [-0.05, 0) is 12.0 Å². The molecule has 0 saturated carbocycles. The molecule has 2 aromatic carbocycles. The molecular formula is C16H16O. The lowest BCUT2D eigenvalue weighted by Crippen LogP contribution is -2.11. The van der Waals surface area contributed by atoms with Crippen LogP contribution in [0.5, 0.6) is 0 Å². The lowest BCUT2D eigenvalue weighted by atomic mass is 9.89. The lowest BCUT2D eigenvalue weighted by molar-refractivity contribution is 0.0957. The van der Waals surface area contributed by atoms with Crippen LogP contribution >= 0.6 is 0 Å². The van der Waals surface area contributed by atoms with Crippen LogP contribution in [0, 0.1) is 0 Å². The van der Waals surface area contributed by atoms with E-state index in [0.717, 1.165) is 17.5 Å². The molecule has 0 amide bonds. The number of hydrogen-bond donors (Lipinski definition) is 0. The van der Waals surface area contributed by atoms with E-state index in [4.69, 9.17) is 0 Å². The van der Waals surface area contributed by atoms with E-state index in [0.29, 0.717) is 0 Å². The molecule has 0 N–H and O–H groups in total. The fraction of sp³-hybridized carbons (Fsp3) is 0.188. The third-order valence-electron chi connectivity index (χ3n) is 2.98. The fourth-order valence-corrected chi connectivity index (χ4v) is 2.06. The number of carbonyl (C=O) groups is 1. The molecule has 1 atom stereocenters. The molecule has 0 aliphatic heterocycles. The normalized spacial score (nSPS) is 12.1. The SMILES string of the molecule is CCC(C(=O)c1ccccc1)c1ccccc1. The Bertz CT molecular complexity index is 473. The van der Waals surface area contributed by atoms with E-state index in [1.807, 2.05) is 60.7 Å². The maximum atomic E-state index is 12.4. The molecule has 0 heterocycles. The smallest absolute Gasteiger partial charge is 0.170 e. The van der Waals surface area contributed by atoms with Crippen LogP contribution in [0.3, 0.4) is 0 Å². The Morgan fingerprint density at radius 3 is 2.00 bits per heavy atom. The van der Waals surface area contributed by atoms with Gasteiger partial charge in [-0.15, -0.1) is 0 Å². The molecule has 86 valence electrons. The van der Waals surface area contributed by atoms with Crippen LogP contribution < -0.4 is 0 Å². The molecule has 0 saturated heterocycles. The molecule has 0 aromatic heterocycles. The maximum absolute atomic E-state index is 12.4. The topological polar surface area (TPSA) is 17.1 Å². The monoisotopic (exact) mass is 224 g/mol. The summed E-state index contributed by atoms with van der Waals surface area (Å²) in [6.07, 6.45) is 0.831. The van der Waals surface area contributed by atoms with Gasteiger partial charge in [0.15, 0.2) is 5.78 Å². The quantitative estimate of drug-likeness (QED) is 0.716. The van der Waals surface area contributed by atoms with Gasteiger partial charge in [-0.25, -0.2) is 0 Å².